The van der Waals surface area contributed by atoms with Crippen LogP contribution in [-0.4, -0.2) is 17.1 Å². The number of halogens is 1. The number of nitrogens with one attached hydrogen (secondary N) is 2. The summed E-state index contributed by atoms with van der Waals surface area (Å²) in [7, 11) is 1.59. The summed E-state index contributed by atoms with van der Waals surface area (Å²) in [6.07, 6.45) is 6.91. The smallest absolute Gasteiger partial charge is 0.145 e. The molecular weight excluding hydrogens is 362 g/mol. The fourth-order valence-corrected chi connectivity index (χ4v) is 2.68. The summed E-state index contributed by atoms with van der Waals surface area (Å²) in [6, 6.07) is 13.2. The van der Waals surface area contributed by atoms with Crippen molar-refractivity contribution >= 4 is 22.6 Å². The van der Waals surface area contributed by atoms with Gasteiger partial charge in [-0.3, -0.25) is 0 Å². The summed E-state index contributed by atoms with van der Waals surface area (Å²) in [6.45, 7) is 4.28. The lowest BCUT2D eigenvalue weighted by Gasteiger charge is -2.07. The number of H-pyrrole nitrogens is 1. The van der Waals surface area contributed by atoms with E-state index >= 15 is 0 Å². The molecule has 0 fully saturated rings. The number of benzene rings is 2. The van der Waals surface area contributed by atoms with Crippen LogP contribution in [0.1, 0.15) is 5.82 Å². The molecule has 0 unspecified atom stereocenters. The highest BCUT2D eigenvalue weighted by atomic mass is 35.5. The molecule has 0 bridgehead atoms. The minimum Gasteiger partial charge on any atom is -0.497 e. The molecule has 0 aliphatic heterocycles. The SMILES string of the molecule is C=C/C=C(\C=C\Oc1ccc(OC)cc1Cl)NCc1nc2ccccc2[nH]1. The van der Waals surface area contributed by atoms with Crippen molar-refractivity contribution in [1.82, 2.24) is 15.3 Å². The van der Waals surface area contributed by atoms with E-state index in [-0.39, 0.29) is 0 Å². The van der Waals surface area contributed by atoms with E-state index in [0.717, 1.165) is 22.6 Å². The van der Waals surface area contributed by atoms with Crippen molar-refractivity contribution in [1.29, 1.82) is 0 Å². The predicted octanol–water partition coefficient (Wildman–Crippen LogP) is 4.98. The van der Waals surface area contributed by atoms with Crippen LogP contribution in [0.4, 0.5) is 0 Å². The van der Waals surface area contributed by atoms with Crippen LogP contribution in [0.25, 0.3) is 11.0 Å². The normalized spacial score (nSPS) is 11.7. The Bertz CT molecular complexity index is 959. The van der Waals surface area contributed by atoms with Crippen molar-refractivity contribution in [3.05, 3.63) is 90.1 Å². The first-order chi connectivity index (χ1) is 13.2. The molecule has 5 nitrogen and oxygen atoms in total. The summed E-state index contributed by atoms with van der Waals surface area (Å²) in [5, 5.41) is 3.77. The van der Waals surface area contributed by atoms with Gasteiger partial charge in [0.15, 0.2) is 0 Å². The number of hydrogen-bond acceptors (Lipinski definition) is 4. The largest absolute Gasteiger partial charge is 0.497 e. The molecule has 0 aliphatic rings. The maximum atomic E-state index is 6.17. The minimum absolute atomic E-state index is 0.475. The molecule has 0 atom stereocenters. The molecule has 0 amide bonds. The number of para-hydroxylation sites is 2. The Kier molecular flexibility index (Phi) is 6.18. The highest BCUT2D eigenvalue weighted by molar-refractivity contribution is 6.32. The summed E-state index contributed by atoms with van der Waals surface area (Å²) < 4.78 is 10.7. The lowest BCUT2D eigenvalue weighted by Crippen LogP contribution is -2.12. The number of methoxy groups -OCH3 is 1. The zero-order valence-electron chi connectivity index (χ0n) is 14.9. The molecule has 138 valence electrons. The van der Waals surface area contributed by atoms with E-state index < -0.39 is 0 Å². The lowest BCUT2D eigenvalue weighted by atomic mass is 10.3. The number of fused-ring (bicyclic) bond motifs is 1. The van der Waals surface area contributed by atoms with Gasteiger partial charge in [-0.2, -0.15) is 0 Å². The van der Waals surface area contributed by atoms with Crippen LogP contribution in [0.3, 0.4) is 0 Å². The van der Waals surface area contributed by atoms with Crippen molar-refractivity contribution in [2.45, 2.75) is 6.54 Å². The Balaban J connectivity index is 1.62. The van der Waals surface area contributed by atoms with Gasteiger partial charge < -0.3 is 19.8 Å². The van der Waals surface area contributed by atoms with Crippen LogP contribution < -0.4 is 14.8 Å². The fourth-order valence-electron chi connectivity index (χ4n) is 2.46. The van der Waals surface area contributed by atoms with Crippen LogP contribution in [0.5, 0.6) is 11.5 Å². The molecule has 0 saturated carbocycles. The van der Waals surface area contributed by atoms with E-state index in [0.29, 0.717) is 23.1 Å². The maximum Gasteiger partial charge on any atom is 0.145 e. The molecule has 1 aromatic heterocycles. The van der Waals surface area contributed by atoms with E-state index in [4.69, 9.17) is 21.1 Å². The summed E-state index contributed by atoms with van der Waals surface area (Å²) >= 11 is 6.17. The van der Waals surface area contributed by atoms with Gasteiger partial charge in [-0.05, 0) is 36.4 Å². The van der Waals surface area contributed by atoms with Crippen molar-refractivity contribution in [2.24, 2.45) is 0 Å². The van der Waals surface area contributed by atoms with Gasteiger partial charge in [0, 0.05) is 11.8 Å². The Labute approximate surface area is 163 Å². The van der Waals surface area contributed by atoms with Gasteiger partial charge in [-0.15, -0.1) is 0 Å². The highest BCUT2D eigenvalue weighted by Crippen LogP contribution is 2.28. The molecule has 1 heterocycles. The first kappa shape index (κ1) is 18.6. The number of hydrogen-bond donors (Lipinski definition) is 2. The number of rotatable bonds is 8. The number of imidazole rings is 1. The van der Waals surface area contributed by atoms with E-state index in [2.05, 4.69) is 21.9 Å². The summed E-state index contributed by atoms with van der Waals surface area (Å²) in [5.41, 5.74) is 2.78. The lowest BCUT2D eigenvalue weighted by molar-refractivity contribution is 0.413. The Hall–Kier alpha value is -3.18. The summed E-state index contributed by atoms with van der Waals surface area (Å²) in [5.74, 6) is 2.07. The molecule has 0 radical (unpaired) electrons. The highest BCUT2D eigenvalue weighted by Gasteiger charge is 2.03. The van der Waals surface area contributed by atoms with Gasteiger partial charge in [0.05, 0.1) is 36.0 Å². The molecule has 27 heavy (non-hydrogen) atoms. The quantitative estimate of drug-likeness (QED) is 0.427. The number of nitrogens with zero attached hydrogens (tertiary/aromatic N) is 1. The zero-order valence-corrected chi connectivity index (χ0v) is 15.7. The first-order valence-electron chi connectivity index (χ1n) is 8.36. The third-order valence-corrected chi connectivity index (χ3v) is 4.07. The number of ether oxygens (including phenoxy) is 2. The molecule has 2 N–H and O–H groups in total. The Morgan fingerprint density at radius 3 is 2.89 bits per heavy atom. The van der Waals surface area contributed by atoms with Crippen LogP contribution in [0.2, 0.25) is 5.02 Å². The first-order valence-corrected chi connectivity index (χ1v) is 8.74. The van der Waals surface area contributed by atoms with Crippen LogP contribution >= 0.6 is 11.6 Å². The monoisotopic (exact) mass is 381 g/mol. The molecule has 3 rings (SSSR count). The molecule has 3 aromatic rings. The van der Waals surface area contributed by atoms with Gasteiger partial charge in [-0.1, -0.05) is 36.4 Å². The van der Waals surface area contributed by atoms with Crippen molar-refractivity contribution in [3.63, 3.8) is 0 Å². The molecule has 0 aliphatic carbocycles. The number of aromatic amines is 1. The van der Waals surface area contributed by atoms with Crippen LogP contribution in [-0.2, 0) is 6.54 Å². The van der Waals surface area contributed by atoms with Gasteiger partial charge in [0.1, 0.15) is 17.3 Å². The number of allylic oxidation sites excluding steroid dienone is 3. The molecule has 0 spiro atoms. The minimum atomic E-state index is 0.475. The standard InChI is InChI=1S/C21H20ClN3O2/c1-3-6-15(11-12-27-20-10-9-16(26-2)13-17(20)22)23-14-21-24-18-7-4-5-8-19(18)25-21/h3-13,23H,1,14H2,2H3,(H,24,25)/b12-11+,15-6+. The molecule has 6 heteroatoms. The average molecular weight is 382 g/mol. The maximum absolute atomic E-state index is 6.17. The van der Waals surface area contributed by atoms with Gasteiger partial charge in [0.25, 0.3) is 0 Å². The Morgan fingerprint density at radius 2 is 2.15 bits per heavy atom. The average Bonchev–Trinajstić information content (AvgIpc) is 3.10. The van der Waals surface area contributed by atoms with E-state index in [9.17, 15) is 0 Å². The molecule has 0 saturated heterocycles. The van der Waals surface area contributed by atoms with Gasteiger partial charge >= 0.3 is 0 Å². The van der Waals surface area contributed by atoms with Crippen molar-refractivity contribution < 1.29 is 9.47 Å². The van der Waals surface area contributed by atoms with Crippen molar-refractivity contribution in [3.8, 4) is 11.5 Å². The van der Waals surface area contributed by atoms with Crippen molar-refractivity contribution in [2.75, 3.05) is 7.11 Å². The Morgan fingerprint density at radius 1 is 1.30 bits per heavy atom. The third kappa shape index (κ3) is 4.92. The predicted molar refractivity (Wildman–Crippen MR) is 109 cm³/mol. The van der Waals surface area contributed by atoms with Gasteiger partial charge in [-0.25, -0.2) is 4.98 Å². The van der Waals surface area contributed by atoms with E-state index in [1.165, 1.54) is 0 Å². The van der Waals surface area contributed by atoms with Crippen LogP contribution in [0, 0.1) is 0 Å². The van der Waals surface area contributed by atoms with Crippen LogP contribution in [0.15, 0.2) is 79.2 Å². The molecule has 2 aromatic carbocycles. The zero-order chi connectivity index (χ0) is 19.1. The molecular formula is C21H20ClN3O2. The fraction of sp³-hybridized carbons (Fsp3) is 0.0952. The number of aromatic nitrogens is 2. The third-order valence-electron chi connectivity index (χ3n) is 3.78. The summed E-state index contributed by atoms with van der Waals surface area (Å²) in [4.78, 5) is 7.83. The second kappa shape index (κ2) is 8.96. The van der Waals surface area contributed by atoms with E-state index in [1.807, 2.05) is 30.3 Å². The second-order valence-corrected chi connectivity index (χ2v) is 6.04. The van der Waals surface area contributed by atoms with E-state index in [1.54, 1.807) is 43.7 Å². The topological polar surface area (TPSA) is 59.2 Å². The second-order valence-electron chi connectivity index (χ2n) is 5.63. The van der Waals surface area contributed by atoms with Gasteiger partial charge in [0.2, 0.25) is 0 Å².